The van der Waals surface area contributed by atoms with Gasteiger partial charge in [0.05, 0.1) is 55.7 Å². The van der Waals surface area contributed by atoms with Crippen molar-refractivity contribution in [3.05, 3.63) is 165 Å². The highest BCUT2D eigenvalue weighted by atomic mass is 19.1. The number of amidine groups is 2. The first-order valence-corrected chi connectivity index (χ1v) is 24.0. The summed E-state index contributed by atoms with van der Waals surface area (Å²) in [5.41, 5.74) is 17.2. The van der Waals surface area contributed by atoms with Crippen molar-refractivity contribution in [1.29, 1.82) is 0 Å². The van der Waals surface area contributed by atoms with Gasteiger partial charge in [-0.3, -0.25) is 0 Å². The van der Waals surface area contributed by atoms with Crippen LogP contribution in [0.1, 0.15) is 90.3 Å². The van der Waals surface area contributed by atoms with Crippen LogP contribution in [0.25, 0.3) is 23.5 Å². The Kier molecular flexibility index (Phi) is 15.2. The summed E-state index contributed by atoms with van der Waals surface area (Å²) < 4.78 is 43.3. The Hall–Kier alpha value is -7.26. The summed E-state index contributed by atoms with van der Waals surface area (Å²) in [6.45, 7) is 14.4. The van der Waals surface area contributed by atoms with Crippen molar-refractivity contribution in [3.63, 3.8) is 0 Å². The first kappa shape index (κ1) is 49.2. The van der Waals surface area contributed by atoms with E-state index in [4.69, 9.17) is 24.9 Å². The van der Waals surface area contributed by atoms with Crippen molar-refractivity contribution in [3.8, 4) is 22.9 Å². The summed E-state index contributed by atoms with van der Waals surface area (Å²) >= 11 is 0. The lowest BCUT2D eigenvalue weighted by atomic mass is 9.85. The normalized spacial score (nSPS) is 19.6. The predicted octanol–water partition coefficient (Wildman–Crippen LogP) is 10.5. The van der Waals surface area contributed by atoms with Gasteiger partial charge in [0.1, 0.15) is 41.9 Å². The van der Waals surface area contributed by atoms with Crippen LogP contribution in [0.2, 0.25) is 0 Å². The molecule has 4 aliphatic heterocycles. The molecule has 2 saturated heterocycles. The van der Waals surface area contributed by atoms with Gasteiger partial charge in [0.25, 0.3) is 0 Å². The fourth-order valence-electron chi connectivity index (χ4n) is 9.51. The van der Waals surface area contributed by atoms with Crippen LogP contribution in [-0.4, -0.2) is 87.6 Å². The third kappa shape index (κ3) is 10.1. The van der Waals surface area contributed by atoms with Gasteiger partial charge in [-0.1, -0.05) is 54.5 Å². The molecule has 0 radical (unpaired) electrons. The van der Waals surface area contributed by atoms with E-state index >= 15 is 0 Å². The molecule has 2 unspecified atom stereocenters. The molecule has 2 aromatic heterocycles. The lowest BCUT2D eigenvalue weighted by Gasteiger charge is -2.49. The zero-order chi connectivity index (χ0) is 49.5. The molecule has 13 nitrogen and oxygen atoms in total. The van der Waals surface area contributed by atoms with Crippen molar-refractivity contribution in [1.82, 2.24) is 28.9 Å². The highest BCUT2D eigenvalue weighted by Crippen LogP contribution is 2.39. The number of oxime groups is 2. The van der Waals surface area contributed by atoms with E-state index in [2.05, 4.69) is 60.4 Å². The number of methoxy groups -OCH3 is 2. The van der Waals surface area contributed by atoms with E-state index in [-0.39, 0.29) is 17.7 Å². The maximum atomic E-state index is 14.5. The van der Waals surface area contributed by atoms with Gasteiger partial charge in [-0.2, -0.15) is 0 Å². The van der Waals surface area contributed by atoms with Crippen molar-refractivity contribution in [2.24, 2.45) is 16.0 Å². The van der Waals surface area contributed by atoms with Crippen molar-refractivity contribution >= 4 is 23.8 Å². The molecule has 6 heterocycles. The number of aromatic nitrogens is 4. The number of halogens is 2. The largest absolute Gasteiger partial charge is 0.495 e. The first-order chi connectivity index (χ1) is 34.0. The van der Waals surface area contributed by atoms with Crippen LogP contribution in [0.5, 0.6) is 11.5 Å². The molecular weight excluding hydrogens is 889 g/mol. The molecule has 2 fully saturated rings. The number of rotatable bonds is 9. The molecule has 70 heavy (non-hydrogen) atoms. The molecule has 0 spiro atoms. The van der Waals surface area contributed by atoms with Crippen LogP contribution in [0.15, 0.2) is 119 Å². The zero-order valence-electron chi connectivity index (χ0n) is 41.4. The number of benzene rings is 4. The number of fused-ring (bicyclic) bond motifs is 2. The quantitative estimate of drug-likeness (QED) is 0.151. The van der Waals surface area contributed by atoms with E-state index in [9.17, 15) is 8.78 Å². The molecule has 0 bridgehead atoms. The molecule has 366 valence electrons. The second kappa shape index (κ2) is 21.6. The number of hydrogen-bond acceptors (Lipinski definition) is 11. The fraction of sp³-hybridized carbons (Fsp3) is 0.345. The Bertz CT molecular complexity index is 2920. The van der Waals surface area contributed by atoms with Gasteiger partial charge in [-0.15, -0.1) is 0 Å². The second-order valence-corrected chi connectivity index (χ2v) is 17.7. The van der Waals surface area contributed by atoms with Gasteiger partial charge in [-0.05, 0) is 153 Å². The molecule has 2 atom stereocenters. The van der Waals surface area contributed by atoms with Crippen LogP contribution in [0.4, 0.5) is 8.78 Å². The van der Waals surface area contributed by atoms with Gasteiger partial charge in [0, 0.05) is 32.0 Å². The summed E-state index contributed by atoms with van der Waals surface area (Å²) in [4.78, 5) is 24.5. The Morgan fingerprint density at radius 2 is 1.30 bits per heavy atom. The smallest absolute Gasteiger partial charge is 0.172 e. The van der Waals surface area contributed by atoms with Crippen molar-refractivity contribution in [2.45, 2.75) is 78.8 Å². The summed E-state index contributed by atoms with van der Waals surface area (Å²) in [6.07, 6.45) is 15.5. The maximum Gasteiger partial charge on any atom is 0.172 e. The molecule has 4 aliphatic rings. The minimum Gasteiger partial charge on any atom is -0.495 e. The van der Waals surface area contributed by atoms with E-state index in [1.54, 1.807) is 45.1 Å². The number of piperidine rings is 2. The van der Waals surface area contributed by atoms with Gasteiger partial charge < -0.3 is 43.8 Å². The van der Waals surface area contributed by atoms with Gasteiger partial charge in [-0.25, -0.2) is 18.7 Å². The third-order valence-electron chi connectivity index (χ3n) is 13.3. The molecular formula is C55H63F2N9O4. The van der Waals surface area contributed by atoms with E-state index in [0.717, 1.165) is 124 Å². The maximum absolute atomic E-state index is 14.5. The number of nitrogens with zero attached hydrogens (tertiary/aromatic N) is 8. The van der Waals surface area contributed by atoms with Gasteiger partial charge in [0.15, 0.2) is 11.7 Å². The zero-order valence-corrected chi connectivity index (χ0v) is 41.4. The minimum atomic E-state index is -0.592. The van der Waals surface area contributed by atoms with E-state index in [0.29, 0.717) is 25.3 Å². The Labute approximate surface area is 409 Å². The Morgan fingerprint density at radius 1 is 0.729 bits per heavy atom. The highest BCUT2D eigenvalue weighted by molar-refractivity contribution is 6.04. The average Bonchev–Trinajstić information content (AvgIpc) is 4.03. The summed E-state index contributed by atoms with van der Waals surface area (Å²) in [7, 11) is 3.34. The number of nitrogens with two attached hydrogens (primary N) is 1. The average molecular weight is 952 g/mol. The standard InChI is InChI=1S/C27H29FN4O2.C26H28FN5O2.C2H6/c1-17-10-22(13-23(28)19(17)3)25-15-34-30-27-21(6-5-9-32(25)27)11-20-7-8-24(26(12-20)33-4)31-14-18(2)29-16-31;1-18-14-31(17-29-18)23-10-5-19(13-24(23)33-2)12-20-4-3-11-32-25(20)30-34-16-26(32,15-28)21-6-8-22(27)9-7-21;1-2/h7-8,10-14,16,25H,5-6,9,15H2,1-4H3;5-10,12-14,17H,3-4,11,15-16,28H2,1-2H3;1-2H3/b21-11+;20-12+;. The van der Waals surface area contributed by atoms with Crippen LogP contribution in [0.3, 0.4) is 0 Å². The monoisotopic (exact) mass is 951 g/mol. The molecule has 0 saturated carbocycles. The van der Waals surface area contributed by atoms with E-state index in [1.165, 1.54) is 12.1 Å². The van der Waals surface area contributed by atoms with Crippen LogP contribution in [0, 0.1) is 39.3 Å². The number of imidazole rings is 2. The third-order valence-corrected chi connectivity index (χ3v) is 13.3. The molecule has 10 rings (SSSR count). The van der Waals surface area contributed by atoms with Crippen LogP contribution >= 0.6 is 0 Å². The highest BCUT2D eigenvalue weighted by Gasteiger charge is 2.45. The molecule has 2 N–H and O–H groups in total. The molecule has 6 aromatic rings. The second-order valence-electron chi connectivity index (χ2n) is 17.7. The van der Waals surface area contributed by atoms with E-state index < -0.39 is 5.54 Å². The SMILES string of the molecule is CC.COc1cc(/C=C2\CCCN3C2=NOCC3(CN)c2ccc(F)cc2)ccc1-n1cnc(C)c1.COc1cc(/C=C2\CCCN3C2=NOCC3c2cc(C)c(C)c(F)c2)ccc1-n1cnc(C)c1. The van der Waals surface area contributed by atoms with Crippen LogP contribution < -0.4 is 15.2 Å². The minimum absolute atomic E-state index is 0.0635. The van der Waals surface area contributed by atoms with Crippen molar-refractivity contribution in [2.75, 3.05) is 47.1 Å². The molecule has 4 aromatic carbocycles. The van der Waals surface area contributed by atoms with Crippen molar-refractivity contribution < 1.29 is 27.9 Å². The first-order valence-electron chi connectivity index (χ1n) is 24.0. The molecule has 15 heteroatoms. The predicted molar refractivity (Wildman–Crippen MR) is 271 cm³/mol. The van der Waals surface area contributed by atoms with Crippen LogP contribution in [-0.2, 0) is 15.2 Å². The van der Waals surface area contributed by atoms with Gasteiger partial charge >= 0.3 is 0 Å². The van der Waals surface area contributed by atoms with E-state index in [1.807, 2.05) is 87.3 Å². The molecule has 0 amide bonds. The number of aryl methyl sites for hydroxylation is 3. The lowest BCUT2D eigenvalue weighted by molar-refractivity contribution is -0.00311. The Morgan fingerprint density at radius 3 is 1.84 bits per heavy atom. The summed E-state index contributed by atoms with van der Waals surface area (Å²) in [5, 5.41) is 8.84. The van der Waals surface area contributed by atoms with Gasteiger partial charge in [0.2, 0.25) is 0 Å². The number of ether oxygens (including phenoxy) is 2. The number of hydrogen-bond donors (Lipinski definition) is 1. The topological polar surface area (TPSA) is 130 Å². The summed E-state index contributed by atoms with van der Waals surface area (Å²) in [6, 6.07) is 22.4. The molecule has 0 aliphatic carbocycles. The Balaban J connectivity index is 0.000000182. The lowest BCUT2D eigenvalue weighted by Crippen LogP contribution is -2.60. The fourth-order valence-corrected chi connectivity index (χ4v) is 9.51. The summed E-state index contributed by atoms with van der Waals surface area (Å²) in [5.74, 6) is 2.68.